The molecule has 2 heterocycles. The Morgan fingerprint density at radius 1 is 1.30 bits per heavy atom. The third-order valence-corrected chi connectivity index (χ3v) is 5.67. The van der Waals surface area contributed by atoms with Crippen molar-refractivity contribution in [2.45, 2.75) is 57.3 Å². The van der Waals surface area contributed by atoms with Gasteiger partial charge in [0.1, 0.15) is 0 Å². The van der Waals surface area contributed by atoms with Crippen LogP contribution in [0.2, 0.25) is 0 Å². The highest BCUT2D eigenvalue weighted by Crippen LogP contribution is 2.39. The minimum atomic E-state index is -0.521. The number of urea groups is 1. The first-order chi connectivity index (χ1) is 12.9. The maximum atomic E-state index is 12.1. The van der Waals surface area contributed by atoms with E-state index in [1.165, 1.54) is 0 Å². The third-order valence-electron chi connectivity index (χ3n) is 5.67. The van der Waals surface area contributed by atoms with Crippen LogP contribution in [0.1, 0.15) is 49.9 Å². The van der Waals surface area contributed by atoms with Gasteiger partial charge in [0, 0.05) is 36.9 Å². The highest BCUT2D eigenvalue weighted by atomic mass is 16.5. The summed E-state index contributed by atoms with van der Waals surface area (Å²) in [5, 5.41) is 5.60. The van der Waals surface area contributed by atoms with Crippen molar-refractivity contribution in [3.05, 3.63) is 29.8 Å². The standard InChI is InChI=1S/C20H30N4O3/c1-14(2)24-10-8-20(9-11-24)7-6-17(27-20)13-22-19(26)23-16-5-3-4-15(12-16)18(21)25/h3-5,12,14,17H,6-11,13H2,1-2H3,(H2,21,25)(H2,22,23,26)/t17-/m1/s1. The Labute approximate surface area is 160 Å². The molecule has 0 bridgehead atoms. The van der Waals surface area contributed by atoms with Crippen molar-refractivity contribution in [2.75, 3.05) is 25.0 Å². The fourth-order valence-electron chi connectivity index (χ4n) is 3.99. The van der Waals surface area contributed by atoms with Crippen LogP contribution in [0.15, 0.2) is 24.3 Å². The first-order valence-electron chi connectivity index (χ1n) is 9.73. The summed E-state index contributed by atoms with van der Waals surface area (Å²) in [6.07, 6.45) is 4.21. The Kier molecular flexibility index (Phi) is 6.01. The number of nitrogens with one attached hydrogen (secondary N) is 2. The average molecular weight is 374 g/mol. The van der Waals surface area contributed by atoms with Gasteiger partial charge in [-0.1, -0.05) is 6.07 Å². The van der Waals surface area contributed by atoms with Crippen LogP contribution in [0.4, 0.5) is 10.5 Å². The number of nitrogens with zero attached hydrogens (tertiary/aromatic N) is 1. The van der Waals surface area contributed by atoms with Gasteiger partial charge in [0.2, 0.25) is 5.91 Å². The molecule has 2 fully saturated rings. The first-order valence-corrected chi connectivity index (χ1v) is 9.73. The maximum Gasteiger partial charge on any atom is 0.319 e. The Morgan fingerprint density at radius 2 is 2.04 bits per heavy atom. The second kappa shape index (κ2) is 8.27. The molecule has 7 heteroatoms. The largest absolute Gasteiger partial charge is 0.370 e. The molecule has 2 saturated heterocycles. The second-order valence-corrected chi connectivity index (χ2v) is 7.87. The lowest BCUT2D eigenvalue weighted by molar-refractivity contribution is -0.0786. The van der Waals surface area contributed by atoms with Crippen LogP contribution in [-0.4, -0.2) is 54.2 Å². The quantitative estimate of drug-likeness (QED) is 0.737. The molecule has 27 heavy (non-hydrogen) atoms. The van der Waals surface area contributed by atoms with Gasteiger partial charge < -0.3 is 26.0 Å². The molecule has 1 spiro atoms. The van der Waals surface area contributed by atoms with Gasteiger partial charge in [-0.15, -0.1) is 0 Å². The van der Waals surface area contributed by atoms with Crippen molar-refractivity contribution < 1.29 is 14.3 Å². The van der Waals surface area contributed by atoms with Crippen LogP contribution in [0.3, 0.4) is 0 Å². The van der Waals surface area contributed by atoms with Crippen LogP contribution < -0.4 is 16.4 Å². The molecule has 0 aliphatic carbocycles. The van der Waals surface area contributed by atoms with Crippen molar-refractivity contribution in [1.82, 2.24) is 10.2 Å². The topological polar surface area (TPSA) is 96.7 Å². The van der Waals surface area contributed by atoms with Gasteiger partial charge in [0.05, 0.1) is 11.7 Å². The fraction of sp³-hybridized carbons (Fsp3) is 0.600. The molecule has 4 N–H and O–H groups in total. The number of hydrogen-bond acceptors (Lipinski definition) is 4. The highest BCUT2D eigenvalue weighted by molar-refractivity contribution is 5.95. The SMILES string of the molecule is CC(C)N1CCC2(CC[C@H](CNC(=O)Nc3cccc(C(N)=O)c3)O2)CC1. The Hall–Kier alpha value is -2.12. The zero-order chi connectivity index (χ0) is 19.4. The van der Waals surface area contributed by atoms with E-state index in [-0.39, 0.29) is 17.7 Å². The molecule has 2 aliphatic rings. The molecule has 3 rings (SSSR count). The van der Waals surface area contributed by atoms with Gasteiger partial charge in [-0.3, -0.25) is 4.79 Å². The monoisotopic (exact) mass is 374 g/mol. The number of carbonyl (C=O) groups is 2. The molecule has 2 aliphatic heterocycles. The summed E-state index contributed by atoms with van der Waals surface area (Å²) in [4.78, 5) is 25.8. The molecule has 0 unspecified atom stereocenters. The molecule has 1 aromatic carbocycles. The first kappa shape index (κ1) is 19.6. The molecule has 148 valence electrons. The van der Waals surface area contributed by atoms with E-state index in [1.807, 2.05) is 0 Å². The van der Waals surface area contributed by atoms with Crippen molar-refractivity contribution in [3.8, 4) is 0 Å². The van der Waals surface area contributed by atoms with E-state index in [9.17, 15) is 9.59 Å². The van der Waals surface area contributed by atoms with Crippen LogP contribution in [0.5, 0.6) is 0 Å². The summed E-state index contributed by atoms with van der Waals surface area (Å²) in [6, 6.07) is 6.85. The number of amides is 3. The van der Waals surface area contributed by atoms with Gasteiger partial charge in [-0.2, -0.15) is 0 Å². The summed E-state index contributed by atoms with van der Waals surface area (Å²) in [7, 11) is 0. The van der Waals surface area contributed by atoms with Crippen LogP contribution in [0, 0.1) is 0 Å². The molecule has 0 saturated carbocycles. The van der Waals surface area contributed by atoms with E-state index in [1.54, 1.807) is 24.3 Å². The number of nitrogens with two attached hydrogens (primary N) is 1. The number of likely N-dealkylation sites (tertiary alicyclic amines) is 1. The van der Waals surface area contributed by atoms with Gasteiger partial charge in [-0.25, -0.2) is 4.79 Å². The van der Waals surface area contributed by atoms with E-state index in [0.717, 1.165) is 38.8 Å². The normalized spacial score (nSPS) is 22.1. The van der Waals surface area contributed by atoms with E-state index >= 15 is 0 Å². The van der Waals surface area contributed by atoms with E-state index < -0.39 is 5.91 Å². The fourth-order valence-corrected chi connectivity index (χ4v) is 3.99. The van der Waals surface area contributed by atoms with Crippen molar-refractivity contribution in [2.24, 2.45) is 5.73 Å². The summed E-state index contributed by atoms with van der Waals surface area (Å²) in [5.41, 5.74) is 6.15. The predicted octanol–water partition coefficient (Wildman–Crippen LogP) is 2.33. The number of primary amides is 1. The van der Waals surface area contributed by atoms with Crippen molar-refractivity contribution in [3.63, 3.8) is 0 Å². The summed E-state index contributed by atoms with van der Waals surface area (Å²) < 4.78 is 6.34. The lowest BCUT2D eigenvalue weighted by Gasteiger charge is -2.40. The lowest BCUT2D eigenvalue weighted by Crippen LogP contribution is -2.47. The van der Waals surface area contributed by atoms with Gasteiger partial charge in [0.15, 0.2) is 0 Å². The molecule has 7 nitrogen and oxygen atoms in total. The molecule has 0 aromatic heterocycles. The van der Waals surface area contributed by atoms with Gasteiger partial charge >= 0.3 is 6.03 Å². The third kappa shape index (κ3) is 4.99. The molecular weight excluding hydrogens is 344 g/mol. The number of rotatable bonds is 5. The van der Waals surface area contributed by atoms with Crippen LogP contribution in [0.25, 0.3) is 0 Å². The van der Waals surface area contributed by atoms with Gasteiger partial charge in [-0.05, 0) is 57.7 Å². The summed E-state index contributed by atoms with van der Waals surface area (Å²) >= 11 is 0. The Morgan fingerprint density at radius 3 is 2.70 bits per heavy atom. The van der Waals surface area contributed by atoms with Crippen molar-refractivity contribution in [1.29, 1.82) is 0 Å². The van der Waals surface area contributed by atoms with Crippen molar-refractivity contribution >= 4 is 17.6 Å². The minimum absolute atomic E-state index is 0.00989. The minimum Gasteiger partial charge on any atom is -0.370 e. The molecule has 3 amide bonds. The maximum absolute atomic E-state index is 12.1. The lowest BCUT2D eigenvalue weighted by atomic mass is 9.88. The number of hydrogen-bond donors (Lipinski definition) is 3. The van der Waals surface area contributed by atoms with E-state index in [4.69, 9.17) is 10.5 Å². The molecule has 1 atom stereocenters. The zero-order valence-corrected chi connectivity index (χ0v) is 16.2. The highest BCUT2D eigenvalue weighted by Gasteiger charge is 2.42. The van der Waals surface area contributed by atoms with Crippen LogP contribution >= 0.6 is 0 Å². The number of carbonyl (C=O) groups excluding carboxylic acids is 2. The average Bonchev–Trinajstić information content (AvgIpc) is 3.03. The smallest absolute Gasteiger partial charge is 0.319 e. The second-order valence-electron chi connectivity index (χ2n) is 7.87. The Balaban J connectivity index is 1.44. The molecule has 0 radical (unpaired) electrons. The number of piperidine rings is 1. The number of benzene rings is 1. The van der Waals surface area contributed by atoms with E-state index in [0.29, 0.717) is 23.8 Å². The van der Waals surface area contributed by atoms with E-state index in [2.05, 4.69) is 29.4 Å². The van der Waals surface area contributed by atoms with Gasteiger partial charge in [0.25, 0.3) is 0 Å². The number of anilines is 1. The Bertz CT molecular complexity index is 684. The molecule has 1 aromatic rings. The summed E-state index contributed by atoms with van der Waals surface area (Å²) in [5.74, 6) is -0.521. The molecular formula is C20H30N4O3. The predicted molar refractivity (Wildman–Crippen MR) is 105 cm³/mol. The number of ether oxygens (including phenoxy) is 1. The zero-order valence-electron chi connectivity index (χ0n) is 16.2. The van der Waals surface area contributed by atoms with Crippen LogP contribution in [-0.2, 0) is 4.74 Å². The summed E-state index contributed by atoms with van der Waals surface area (Å²) in [6.45, 7) is 7.11.